The average Bonchev–Trinajstić information content (AvgIpc) is 2.50. The van der Waals surface area contributed by atoms with Gasteiger partial charge in [0.1, 0.15) is 5.82 Å². The molecule has 0 atom stereocenters. The summed E-state index contributed by atoms with van der Waals surface area (Å²) in [4.78, 5) is 20.9. The predicted molar refractivity (Wildman–Crippen MR) is 87.8 cm³/mol. The van der Waals surface area contributed by atoms with Gasteiger partial charge in [0, 0.05) is 17.3 Å². The Morgan fingerprint density at radius 1 is 1.14 bits per heavy atom. The van der Waals surface area contributed by atoms with Crippen LogP contribution >= 0.6 is 0 Å². The first-order valence-electron chi connectivity index (χ1n) is 6.95. The van der Waals surface area contributed by atoms with Gasteiger partial charge in [0.2, 0.25) is 0 Å². The molecule has 0 bridgehead atoms. The Bertz CT molecular complexity index is 853. The standard InChI is InChI=1S/C17H16N4O/c1-10-5-3-6-11(2)14(10)20-17(22)13-9-12-7-4-8-19-16(12)21-15(13)18/h3-9H,1-2H3,(H,20,22)(H2,18,19,21). The largest absolute Gasteiger partial charge is 0.383 e. The summed E-state index contributed by atoms with van der Waals surface area (Å²) >= 11 is 0. The molecule has 0 aliphatic rings. The van der Waals surface area contributed by atoms with Gasteiger partial charge in [-0.25, -0.2) is 9.97 Å². The van der Waals surface area contributed by atoms with Crippen LogP contribution in [0.4, 0.5) is 11.5 Å². The van der Waals surface area contributed by atoms with E-state index in [-0.39, 0.29) is 11.7 Å². The minimum atomic E-state index is -0.270. The van der Waals surface area contributed by atoms with Crippen LogP contribution in [0.25, 0.3) is 11.0 Å². The van der Waals surface area contributed by atoms with Crippen LogP contribution in [0.1, 0.15) is 21.5 Å². The first-order valence-corrected chi connectivity index (χ1v) is 6.95. The van der Waals surface area contributed by atoms with Gasteiger partial charge < -0.3 is 11.1 Å². The Morgan fingerprint density at radius 3 is 2.59 bits per heavy atom. The molecule has 0 saturated carbocycles. The zero-order chi connectivity index (χ0) is 15.7. The van der Waals surface area contributed by atoms with Gasteiger partial charge in [0.05, 0.1) is 5.56 Å². The van der Waals surface area contributed by atoms with Gasteiger partial charge in [-0.05, 0) is 43.2 Å². The van der Waals surface area contributed by atoms with Gasteiger partial charge in [-0.2, -0.15) is 0 Å². The minimum Gasteiger partial charge on any atom is -0.383 e. The SMILES string of the molecule is Cc1cccc(C)c1NC(=O)c1cc2cccnc2nc1N. The molecule has 1 aromatic carbocycles. The number of carbonyl (C=O) groups excluding carboxylic acids is 1. The van der Waals surface area contributed by atoms with Gasteiger partial charge in [-0.3, -0.25) is 4.79 Å². The Balaban J connectivity index is 2.00. The highest BCUT2D eigenvalue weighted by atomic mass is 16.1. The number of anilines is 2. The minimum absolute atomic E-state index is 0.176. The summed E-state index contributed by atoms with van der Waals surface area (Å²) in [6, 6.07) is 11.2. The lowest BCUT2D eigenvalue weighted by molar-refractivity contribution is 0.102. The smallest absolute Gasteiger partial charge is 0.259 e. The quantitative estimate of drug-likeness (QED) is 0.760. The molecule has 0 fully saturated rings. The molecule has 5 nitrogen and oxygen atoms in total. The Labute approximate surface area is 128 Å². The number of nitrogens with one attached hydrogen (secondary N) is 1. The number of aryl methyl sites for hydroxylation is 2. The molecule has 0 saturated heterocycles. The lowest BCUT2D eigenvalue weighted by atomic mass is 10.1. The fourth-order valence-corrected chi connectivity index (χ4v) is 2.39. The first kappa shape index (κ1) is 14.0. The van der Waals surface area contributed by atoms with Crippen molar-refractivity contribution < 1.29 is 4.79 Å². The van der Waals surface area contributed by atoms with Crippen molar-refractivity contribution in [3.05, 3.63) is 59.3 Å². The number of nitrogen functional groups attached to an aromatic ring is 1. The topological polar surface area (TPSA) is 80.9 Å². The number of nitrogens with zero attached hydrogens (tertiary/aromatic N) is 2. The summed E-state index contributed by atoms with van der Waals surface area (Å²) < 4.78 is 0. The number of fused-ring (bicyclic) bond motifs is 1. The van der Waals surface area contributed by atoms with E-state index in [1.54, 1.807) is 18.3 Å². The van der Waals surface area contributed by atoms with Crippen LogP contribution in [-0.2, 0) is 0 Å². The average molecular weight is 292 g/mol. The molecular formula is C17H16N4O. The summed E-state index contributed by atoms with van der Waals surface area (Å²) in [5.74, 6) is -0.0944. The van der Waals surface area contributed by atoms with Gasteiger partial charge >= 0.3 is 0 Å². The highest BCUT2D eigenvalue weighted by Gasteiger charge is 2.14. The zero-order valence-corrected chi connectivity index (χ0v) is 12.4. The van der Waals surface area contributed by atoms with E-state index >= 15 is 0 Å². The number of nitrogens with two attached hydrogens (primary N) is 1. The van der Waals surface area contributed by atoms with Crippen molar-refractivity contribution in [3.8, 4) is 0 Å². The first-order chi connectivity index (χ1) is 10.6. The summed E-state index contributed by atoms with van der Waals surface area (Å²) in [5.41, 5.74) is 9.59. The summed E-state index contributed by atoms with van der Waals surface area (Å²) in [6.45, 7) is 3.91. The van der Waals surface area contributed by atoms with Crippen LogP contribution in [-0.4, -0.2) is 15.9 Å². The maximum absolute atomic E-state index is 12.5. The molecule has 3 rings (SSSR count). The zero-order valence-electron chi connectivity index (χ0n) is 12.4. The van der Waals surface area contributed by atoms with Crippen molar-refractivity contribution >= 4 is 28.4 Å². The van der Waals surface area contributed by atoms with Crippen LogP contribution in [0, 0.1) is 13.8 Å². The fourth-order valence-electron chi connectivity index (χ4n) is 2.39. The van der Waals surface area contributed by atoms with Crippen LogP contribution < -0.4 is 11.1 Å². The normalized spacial score (nSPS) is 10.6. The molecule has 0 spiro atoms. The number of hydrogen-bond acceptors (Lipinski definition) is 4. The van der Waals surface area contributed by atoms with Gasteiger partial charge in [-0.15, -0.1) is 0 Å². The molecule has 3 N–H and O–H groups in total. The molecule has 5 heteroatoms. The van der Waals surface area contributed by atoms with Crippen LogP contribution in [0.2, 0.25) is 0 Å². The fraction of sp³-hybridized carbons (Fsp3) is 0.118. The number of pyridine rings is 2. The molecule has 110 valence electrons. The number of hydrogen-bond donors (Lipinski definition) is 2. The van der Waals surface area contributed by atoms with Crippen LogP contribution in [0.3, 0.4) is 0 Å². The second kappa shape index (κ2) is 5.44. The molecular weight excluding hydrogens is 276 g/mol. The number of rotatable bonds is 2. The highest BCUT2D eigenvalue weighted by molar-refractivity contribution is 6.09. The summed E-state index contributed by atoms with van der Waals surface area (Å²) in [7, 11) is 0. The Hall–Kier alpha value is -2.95. The molecule has 22 heavy (non-hydrogen) atoms. The van der Waals surface area contributed by atoms with E-state index in [1.165, 1.54) is 0 Å². The van der Waals surface area contributed by atoms with Crippen molar-refractivity contribution in [1.29, 1.82) is 0 Å². The van der Waals surface area contributed by atoms with Crippen molar-refractivity contribution in [2.75, 3.05) is 11.1 Å². The van der Waals surface area contributed by atoms with E-state index in [0.717, 1.165) is 22.2 Å². The molecule has 2 heterocycles. The summed E-state index contributed by atoms with van der Waals surface area (Å²) in [5, 5.41) is 3.70. The molecule has 3 aromatic rings. The maximum Gasteiger partial charge on any atom is 0.259 e. The highest BCUT2D eigenvalue weighted by Crippen LogP contribution is 2.22. The van der Waals surface area contributed by atoms with E-state index in [9.17, 15) is 4.79 Å². The number of benzene rings is 1. The lowest BCUT2D eigenvalue weighted by Gasteiger charge is -2.12. The molecule has 0 aliphatic heterocycles. The van der Waals surface area contributed by atoms with Crippen LogP contribution in [0.5, 0.6) is 0 Å². The number of amides is 1. The molecule has 0 radical (unpaired) electrons. The van der Waals surface area contributed by atoms with Gasteiger partial charge in [0.15, 0.2) is 5.65 Å². The second-order valence-corrected chi connectivity index (χ2v) is 5.19. The van der Waals surface area contributed by atoms with E-state index in [1.807, 2.05) is 38.1 Å². The Kier molecular flexibility index (Phi) is 3.47. The maximum atomic E-state index is 12.5. The van der Waals surface area contributed by atoms with Crippen molar-refractivity contribution in [2.45, 2.75) is 13.8 Å². The van der Waals surface area contributed by atoms with Crippen molar-refractivity contribution in [3.63, 3.8) is 0 Å². The lowest BCUT2D eigenvalue weighted by Crippen LogP contribution is -2.16. The number of aromatic nitrogens is 2. The van der Waals surface area contributed by atoms with E-state index in [0.29, 0.717) is 11.2 Å². The van der Waals surface area contributed by atoms with Gasteiger partial charge in [0.25, 0.3) is 5.91 Å². The van der Waals surface area contributed by atoms with E-state index < -0.39 is 0 Å². The van der Waals surface area contributed by atoms with Crippen LogP contribution in [0.15, 0.2) is 42.6 Å². The van der Waals surface area contributed by atoms with Gasteiger partial charge in [-0.1, -0.05) is 18.2 Å². The van der Waals surface area contributed by atoms with Crippen molar-refractivity contribution in [2.24, 2.45) is 0 Å². The van der Waals surface area contributed by atoms with Crippen molar-refractivity contribution in [1.82, 2.24) is 9.97 Å². The third kappa shape index (κ3) is 2.48. The monoisotopic (exact) mass is 292 g/mol. The second-order valence-electron chi connectivity index (χ2n) is 5.19. The molecule has 1 amide bonds. The number of para-hydroxylation sites is 1. The Morgan fingerprint density at radius 2 is 1.86 bits per heavy atom. The summed E-state index contributed by atoms with van der Waals surface area (Å²) in [6.07, 6.45) is 1.64. The van der Waals surface area contributed by atoms with E-state index in [2.05, 4.69) is 15.3 Å². The third-order valence-corrected chi connectivity index (χ3v) is 3.58. The number of carbonyl (C=O) groups is 1. The van der Waals surface area contributed by atoms with E-state index in [4.69, 9.17) is 5.73 Å². The molecule has 0 aliphatic carbocycles. The third-order valence-electron chi connectivity index (χ3n) is 3.58. The molecule has 0 unspecified atom stereocenters. The predicted octanol–water partition coefficient (Wildman–Crippen LogP) is 3.08. The molecule has 2 aromatic heterocycles.